The fraction of sp³-hybridized carbons (Fsp3) is 0.750. The molecule has 0 bridgehead atoms. The molecule has 0 aromatic heterocycles. The van der Waals surface area contributed by atoms with Gasteiger partial charge < -0.3 is 15.3 Å². The van der Waals surface area contributed by atoms with E-state index < -0.39 is 12.0 Å². The molecule has 0 aliphatic carbocycles. The predicted octanol–water partition coefficient (Wildman–Crippen LogP) is 0.246. The van der Waals surface area contributed by atoms with Gasteiger partial charge in [-0.15, -0.1) is 0 Å². The number of carbonyl (C=O) groups is 2. The van der Waals surface area contributed by atoms with Crippen LogP contribution >= 0.6 is 0 Å². The maximum atomic E-state index is 10.9. The van der Waals surface area contributed by atoms with Crippen molar-refractivity contribution in [3.05, 3.63) is 0 Å². The van der Waals surface area contributed by atoms with Crippen LogP contribution in [0.25, 0.3) is 0 Å². The van der Waals surface area contributed by atoms with Crippen LogP contribution in [0.5, 0.6) is 0 Å². The van der Waals surface area contributed by atoms with Crippen molar-refractivity contribution in [3.8, 4) is 0 Å². The number of aldehydes is 1. The number of nitrogens with two attached hydrogens (primary N) is 1. The van der Waals surface area contributed by atoms with Gasteiger partial charge in [0.1, 0.15) is 12.3 Å². The van der Waals surface area contributed by atoms with Crippen molar-refractivity contribution < 1.29 is 14.3 Å². The van der Waals surface area contributed by atoms with Crippen molar-refractivity contribution in [2.24, 2.45) is 5.73 Å². The van der Waals surface area contributed by atoms with Gasteiger partial charge >= 0.3 is 5.97 Å². The molecule has 0 radical (unpaired) electrons. The summed E-state index contributed by atoms with van der Waals surface area (Å²) in [5.41, 5.74) is 5.30. The van der Waals surface area contributed by atoms with Gasteiger partial charge in [-0.1, -0.05) is 13.3 Å². The van der Waals surface area contributed by atoms with Gasteiger partial charge in [-0.2, -0.15) is 0 Å². The van der Waals surface area contributed by atoms with Crippen LogP contribution in [0.4, 0.5) is 0 Å². The molecule has 12 heavy (non-hydrogen) atoms. The Morgan fingerprint density at radius 3 is 2.83 bits per heavy atom. The molecule has 1 atom stereocenters. The van der Waals surface area contributed by atoms with Crippen LogP contribution in [0.3, 0.4) is 0 Å². The summed E-state index contributed by atoms with van der Waals surface area (Å²) in [4.78, 5) is 20.9. The largest absolute Gasteiger partial charge is 0.465 e. The number of rotatable bonds is 6. The van der Waals surface area contributed by atoms with Crippen molar-refractivity contribution in [1.29, 1.82) is 0 Å². The average molecular weight is 173 g/mol. The SMILES string of the molecule is CCCCOC(=O)C(N)CC=O. The van der Waals surface area contributed by atoms with Gasteiger partial charge in [0.15, 0.2) is 0 Å². The highest BCUT2D eigenvalue weighted by Gasteiger charge is 2.13. The van der Waals surface area contributed by atoms with E-state index in [1.54, 1.807) is 0 Å². The van der Waals surface area contributed by atoms with Crippen molar-refractivity contribution in [2.75, 3.05) is 6.61 Å². The molecule has 0 aliphatic heterocycles. The first-order chi connectivity index (χ1) is 5.72. The number of esters is 1. The van der Waals surface area contributed by atoms with Crippen molar-refractivity contribution in [1.82, 2.24) is 0 Å². The number of carbonyl (C=O) groups excluding carboxylic acids is 2. The molecular weight excluding hydrogens is 158 g/mol. The lowest BCUT2D eigenvalue weighted by Crippen LogP contribution is -2.32. The van der Waals surface area contributed by atoms with Gasteiger partial charge in [0.25, 0.3) is 0 Å². The fourth-order valence-corrected chi connectivity index (χ4v) is 0.624. The normalized spacial score (nSPS) is 12.2. The van der Waals surface area contributed by atoms with E-state index in [1.165, 1.54) is 0 Å². The quantitative estimate of drug-likeness (QED) is 0.355. The Labute approximate surface area is 72.1 Å². The van der Waals surface area contributed by atoms with Crippen LogP contribution in [0.15, 0.2) is 0 Å². The Hall–Kier alpha value is -0.900. The van der Waals surface area contributed by atoms with E-state index >= 15 is 0 Å². The zero-order chi connectivity index (χ0) is 9.40. The minimum atomic E-state index is -0.792. The molecular formula is C8H15NO3. The summed E-state index contributed by atoms with van der Waals surface area (Å²) in [6.45, 7) is 2.39. The monoisotopic (exact) mass is 173 g/mol. The van der Waals surface area contributed by atoms with Gasteiger partial charge in [0.2, 0.25) is 0 Å². The molecule has 0 heterocycles. The predicted molar refractivity (Wildman–Crippen MR) is 44.5 cm³/mol. The maximum absolute atomic E-state index is 10.9. The van der Waals surface area contributed by atoms with Crippen LogP contribution in [0, 0.1) is 0 Å². The lowest BCUT2D eigenvalue weighted by atomic mass is 10.2. The van der Waals surface area contributed by atoms with E-state index in [2.05, 4.69) is 0 Å². The zero-order valence-electron chi connectivity index (χ0n) is 7.29. The minimum absolute atomic E-state index is 0.0327. The first-order valence-electron chi connectivity index (χ1n) is 4.08. The van der Waals surface area contributed by atoms with Crippen LogP contribution < -0.4 is 5.73 Å². The van der Waals surface area contributed by atoms with E-state index in [0.717, 1.165) is 12.8 Å². The van der Waals surface area contributed by atoms with E-state index in [9.17, 15) is 9.59 Å². The molecule has 0 spiro atoms. The zero-order valence-corrected chi connectivity index (χ0v) is 7.29. The number of hydrogen-bond acceptors (Lipinski definition) is 4. The molecule has 1 unspecified atom stereocenters. The third kappa shape index (κ3) is 4.85. The highest BCUT2D eigenvalue weighted by molar-refractivity contribution is 5.78. The minimum Gasteiger partial charge on any atom is -0.465 e. The first-order valence-corrected chi connectivity index (χ1v) is 4.08. The van der Waals surface area contributed by atoms with Crippen molar-refractivity contribution in [3.63, 3.8) is 0 Å². The molecule has 2 N–H and O–H groups in total. The topological polar surface area (TPSA) is 69.4 Å². The smallest absolute Gasteiger partial charge is 0.323 e. The Morgan fingerprint density at radius 2 is 2.33 bits per heavy atom. The van der Waals surface area contributed by atoms with Gasteiger partial charge in [0, 0.05) is 6.42 Å². The molecule has 0 aromatic rings. The Morgan fingerprint density at radius 1 is 1.67 bits per heavy atom. The first kappa shape index (κ1) is 11.1. The average Bonchev–Trinajstić information content (AvgIpc) is 2.05. The Balaban J connectivity index is 3.49. The van der Waals surface area contributed by atoms with E-state index in [0.29, 0.717) is 12.9 Å². The number of hydrogen-bond donors (Lipinski definition) is 1. The highest BCUT2D eigenvalue weighted by Crippen LogP contribution is 1.93. The van der Waals surface area contributed by atoms with Crippen LogP contribution in [-0.4, -0.2) is 24.9 Å². The van der Waals surface area contributed by atoms with E-state index in [4.69, 9.17) is 10.5 Å². The molecule has 0 rings (SSSR count). The second-order valence-corrected chi connectivity index (χ2v) is 2.53. The molecule has 0 saturated carbocycles. The molecule has 0 saturated heterocycles. The summed E-state index contributed by atoms with van der Waals surface area (Å²) >= 11 is 0. The summed E-state index contributed by atoms with van der Waals surface area (Å²) in [5.74, 6) is -0.490. The van der Waals surface area contributed by atoms with Crippen LogP contribution in [-0.2, 0) is 14.3 Å². The lowest BCUT2D eigenvalue weighted by molar-refractivity contribution is -0.146. The molecule has 4 nitrogen and oxygen atoms in total. The van der Waals surface area contributed by atoms with Crippen LogP contribution in [0.1, 0.15) is 26.2 Å². The van der Waals surface area contributed by atoms with E-state index in [1.807, 2.05) is 6.92 Å². The van der Waals surface area contributed by atoms with Crippen molar-refractivity contribution in [2.45, 2.75) is 32.2 Å². The fourth-order valence-electron chi connectivity index (χ4n) is 0.624. The third-order valence-corrected chi connectivity index (χ3v) is 1.40. The van der Waals surface area contributed by atoms with Gasteiger partial charge in [-0.3, -0.25) is 4.79 Å². The van der Waals surface area contributed by atoms with Crippen LogP contribution in [0.2, 0.25) is 0 Å². The molecule has 0 amide bonds. The maximum Gasteiger partial charge on any atom is 0.323 e. The Bertz CT molecular complexity index is 147. The van der Waals surface area contributed by atoms with Crippen molar-refractivity contribution >= 4 is 12.3 Å². The number of unbranched alkanes of at least 4 members (excludes halogenated alkanes) is 1. The van der Waals surface area contributed by atoms with Gasteiger partial charge in [-0.05, 0) is 6.42 Å². The molecule has 0 aromatic carbocycles. The molecule has 0 fully saturated rings. The molecule has 0 aliphatic rings. The number of ether oxygens (including phenoxy) is 1. The summed E-state index contributed by atoms with van der Waals surface area (Å²) in [6, 6.07) is -0.792. The summed E-state index contributed by atoms with van der Waals surface area (Å²) in [6.07, 6.45) is 2.45. The highest BCUT2D eigenvalue weighted by atomic mass is 16.5. The standard InChI is InChI=1S/C8H15NO3/c1-2-3-6-12-8(11)7(9)4-5-10/h5,7H,2-4,6,9H2,1H3. The second-order valence-electron chi connectivity index (χ2n) is 2.53. The summed E-state index contributed by atoms with van der Waals surface area (Å²) in [7, 11) is 0. The second kappa shape index (κ2) is 6.79. The summed E-state index contributed by atoms with van der Waals surface area (Å²) in [5, 5.41) is 0. The van der Waals surface area contributed by atoms with Gasteiger partial charge in [-0.25, -0.2) is 0 Å². The van der Waals surface area contributed by atoms with E-state index in [-0.39, 0.29) is 6.42 Å². The lowest BCUT2D eigenvalue weighted by Gasteiger charge is -2.07. The Kier molecular flexibility index (Phi) is 6.28. The summed E-state index contributed by atoms with van der Waals surface area (Å²) < 4.78 is 4.77. The molecule has 4 heteroatoms. The molecule has 70 valence electrons. The third-order valence-electron chi connectivity index (χ3n) is 1.40. The van der Waals surface area contributed by atoms with Gasteiger partial charge in [0.05, 0.1) is 6.61 Å².